The van der Waals surface area contributed by atoms with Gasteiger partial charge in [0, 0.05) is 24.8 Å². The molecule has 3 N–H and O–H groups in total. The van der Waals surface area contributed by atoms with Crippen molar-refractivity contribution in [2.45, 2.75) is 13.3 Å². The Labute approximate surface area is 148 Å². The quantitative estimate of drug-likeness (QED) is 0.532. The molecule has 0 aromatic heterocycles. The Bertz CT molecular complexity index is 717. The van der Waals surface area contributed by atoms with Crippen LogP contribution >= 0.6 is 0 Å². The van der Waals surface area contributed by atoms with E-state index in [-0.39, 0.29) is 5.75 Å². The highest BCUT2D eigenvalue weighted by molar-refractivity contribution is 5.93. The zero-order valence-electron chi connectivity index (χ0n) is 14.9. The molecule has 0 bridgehead atoms. The number of nitrogens with one attached hydrogen (secondary N) is 2. The lowest BCUT2D eigenvalue weighted by molar-refractivity contribution is 0.355. The van der Waals surface area contributed by atoms with Crippen molar-refractivity contribution in [3.63, 3.8) is 0 Å². The molecule has 0 saturated carbocycles. The molecule has 6 heteroatoms. The monoisotopic (exact) mass is 343 g/mol. The van der Waals surface area contributed by atoms with Crippen molar-refractivity contribution in [2.75, 3.05) is 32.6 Å². The lowest BCUT2D eigenvalue weighted by atomic mass is 10.1. The van der Waals surface area contributed by atoms with Gasteiger partial charge in [-0.3, -0.25) is 4.99 Å². The second-order valence-corrected chi connectivity index (χ2v) is 5.38. The molecule has 0 unspecified atom stereocenters. The van der Waals surface area contributed by atoms with Gasteiger partial charge in [0.2, 0.25) is 0 Å². The van der Waals surface area contributed by atoms with Crippen LogP contribution in [0.5, 0.6) is 17.2 Å². The maximum atomic E-state index is 9.51. The summed E-state index contributed by atoms with van der Waals surface area (Å²) in [6.07, 6.45) is 0.747. The first-order chi connectivity index (χ1) is 12.2. The maximum Gasteiger partial charge on any atom is 0.195 e. The molecule has 0 saturated heterocycles. The number of aromatic hydroxyl groups is 1. The minimum atomic E-state index is 0.275. The number of benzene rings is 2. The number of guanidine groups is 1. The first-order valence-corrected chi connectivity index (χ1v) is 8.21. The molecule has 0 amide bonds. The normalized spacial score (nSPS) is 11.1. The van der Waals surface area contributed by atoms with Crippen LogP contribution in [0.2, 0.25) is 0 Å². The fraction of sp³-hybridized carbons (Fsp3) is 0.316. The summed E-state index contributed by atoms with van der Waals surface area (Å²) in [6.45, 7) is 3.37. The van der Waals surface area contributed by atoms with Gasteiger partial charge in [-0.05, 0) is 43.2 Å². The van der Waals surface area contributed by atoms with Crippen LogP contribution in [0.25, 0.3) is 0 Å². The van der Waals surface area contributed by atoms with Crippen LogP contribution in [0.3, 0.4) is 0 Å². The predicted octanol–water partition coefficient (Wildman–Crippen LogP) is 3.03. The van der Waals surface area contributed by atoms with E-state index in [9.17, 15) is 5.11 Å². The summed E-state index contributed by atoms with van der Waals surface area (Å²) < 4.78 is 10.6. The van der Waals surface area contributed by atoms with Crippen LogP contribution in [-0.2, 0) is 6.42 Å². The molecule has 6 nitrogen and oxygen atoms in total. The second-order valence-electron chi connectivity index (χ2n) is 5.38. The van der Waals surface area contributed by atoms with E-state index in [0.717, 1.165) is 24.2 Å². The minimum absolute atomic E-state index is 0.275. The number of phenols is 1. The summed E-state index contributed by atoms with van der Waals surface area (Å²) in [6, 6.07) is 12.8. The van der Waals surface area contributed by atoms with Gasteiger partial charge in [0.1, 0.15) is 5.75 Å². The van der Waals surface area contributed by atoms with E-state index in [1.165, 1.54) is 0 Å². The van der Waals surface area contributed by atoms with Gasteiger partial charge in [-0.1, -0.05) is 12.1 Å². The third-order valence-electron chi connectivity index (χ3n) is 3.57. The number of nitrogens with zero attached hydrogens (tertiary/aromatic N) is 1. The Morgan fingerprint density at radius 3 is 2.56 bits per heavy atom. The van der Waals surface area contributed by atoms with E-state index in [4.69, 9.17) is 9.47 Å². The van der Waals surface area contributed by atoms with Gasteiger partial charge >= 0.3 is 0 Å². The summed E-state index contributed by atoms with van der Waals surface area (Å²) in [5.41, 5.74) is 1.90. The van der Waals surface area contributed by atoms with E-state index in [1.54, 1.807) is 26.4 Å². The topological polar surface area (TPSA) is 75.1 Å². The Balaban J connectivity index is 2.04. The zero-order valence-corrected chi connectivity index (χ0v) is 14.9. The van der Waals surface area contributed by atoms with Crippen molar-refractivity contribution < 1.29 is 14.6 Å². The molecule has 2 rings (SSSR count). The molecule has 0 spiro atoms. The highest BCUT2D eigenvalue weighted by Gasteiger charge is 2.06. The van der Waals surface area contributed by atoms with Crippen LogP contribution in [0, 0.1) is 0 Å². The highest BCUT2D eigenvalue weighted by Crippen LogP contribution is 2.29. The highest BCUT2D eigenvalue weighted by atomic mass is 16.5. The lowest BCUT2D eigenvalue weighted by Gasteiger charge is -2.13. The van der Waals surface area contributed by atoms with Crippen molar-refractivity contribution in [2.24, 2.45) is 4.99 Å². The smallest absolute Gasteiger partial charge is 0.195 e. The van der Waals surface area contributed by atoms with Gasteiger partial charge in [0.05, 0.1) is 14.2 Å². The second kappa shape index (κ2) is 9.42. The molecular weight excluding hydrogens is 318 g/mol. The van der Waals surface area contributed by atoms with Crippen molar-refractivity contribution >= 4 is 11.6 Å². The molecule has 2 aromatic carbocycles. The fourth-order valence-electron chi connectivity index (χ4n) is 2.37. The molecule has 134 valence electrons. The SMILES string of the molecule is CCNC(=NCCc1cccc(O)c1)Nc1ccc(OC)c(OC)c1. The number of phenolic OH excluding ortho intramolecular Hbond substituents is 1. The Hall–Kier alpha value is -2.89. The molecule has 0 atom stereocenters. The maximum absolute atomic E-state index is 9.51. The average molecular weight is 343 g/mol. The molecule has 0 heterocycles. The summed E-state index contributed by atoms with van der Waals surface area (Å²) in [5, 5.41) is 16.0. The molecule has 0 fully saturated rings. The number of ether oxygens (including phenoxy) is 2. The van der Waals surface area contributed by atoms with Gasteiger partial charge in [-0.2, -0.15) is 0 Å². The van der Waals surface area contributed by atoms with Gasteiger partial charge < -0.3 is 25.2 Å². The summed E-state index contributed by atoms with van der Waals surface area (Å²) in [7, 11) is 3.22. The van der Waals surface area contributed by atoms with Crippen LogP contribution < -0.4 is 20.1 Å². The van der Waals surface area contributed by atoms with E-state index in [1.807, 2.05) is 37.3 Å². The standard InChI is InChI=1S/C19H25N3O3/c1-4-20-19(21-11-10-14-6-5-7-16(23)12-14)22-15-8-9-17(24-2)18(13-15)25-3/h5-9,12-13,23H,4,10-11H2,1-3H3,(H2,20,21,22). The number of anilines is 1. The first kappa shape index (κ1) is 18.4. The van der Waals surface area contributed by atoms with Crippen molar-refractivity contribution in [1.82, 2.24) is 5.32 Å². The number of hydrogen-bond acceptors (Lipinski definition) is 4. The van der Waals surface area contributed by atoms with Crippen molar-refractivity contribution in [3.05, 3.63) is 48.0 Å². The lowest BCUT2D eigenvalue weighted by Crippen LogP contribution is -2.30. The fourth-order valence-corrected chi connectivity index (χ4v) is 2.37. The predicted molar refractivity (Wildman–Crippen MR) is 101 cm³/mol. The molecule has 0 aliphatic heterocycles. The van der Waals surface area contributed by atoms with Crippen LogP contribution in [-0.4, -0.2) is 38.4 Å². The van der Waals surface area contributed by atoms with Gasteiger partial charge in [0.15, 0.2) is 17.5 Å². The van der Waals surface area contributed by atoms with Gasteiger partial charge in [-0.25, -0.2) is 0 Å². The number of hydrogen-bond donors (Lipinski definition) is 3. The summed E-state index contributed by atoms with van der Waals surface area (Å²) in [5.74, 6) is 2.30. The summed E-state index contributed by atoms with van der Waals surface area (Å²) >= 11 is 0. The Morgan fingerprint density at radius 2 is 1.88 bits per heavy atom. The third kappa shape index (κ3) is 5.60. The van der Waals surface area contributed by atoms with Crippen molar-refractivity contribution in [1.29, 1.82) is 0 Å². The largest absolute Gasteiger partial charge is 0.508 e. The Morgan fingerprint density at radius 1 is 1.08 bits per heavy atom. The Kier molecular flexibility index (Phi) is 6.95. The van der Waals surface area contributed by atoms with Gasteiger partial charge in [-0.15, -0.1) is 0 Å². The molecule has 25 heavy (non-hydrogen) atoms. The van der Waals surface area contributed by atoms with Crippen molar-refractivity contribution in [3.8, 4) is 17.2 Å². The zero-order chi connectivity index (χ0) is 18.1. The number of rotatable bonds is 7. The number of methoxy groups -OCH3 is 2. The van der Waals surface area contributed by atoms with Gasteiger partial charge in [0.25, 0.3) is 0 Å². The molecule has 0 aliphatic rings. The van der Waals surface area contributed by atoms with E-state index in [0.29, 0.717) is 24.0 Å². The number of aliphatic imine (C=N–C) groups is 1. The summed E-state index contributed by atoms with van der Waals surface area (Å²) in [4.78, 5) is 4.57. The van der Waals surface area contributed by atoms with E-state index < -0.39 is 0 Å². The van der Waals surface area contributed by atoms with E-state index >= 15 is 0 Å². The average Bonchev–Trinajstić information content (AvgIpc) is 2.62. The third-order valence-corrected chi connectivity index (χ3v) is 3.57. The van der Waals surface area contributed by atoms with Crippen LogP contribution in [0.15, 0.2) is 47.5 Å². The molecule has 2 aromatic rings. The molecule has 0 radical (unpaired) electrons. The van der Waals surface area contributed by atoms with Crippen LogP contribution in [0.1, 0.15) is 12.5 Å². The van der Waals surface area contributed by atoms with Crippen LogP contribution in [0.4, 0.5) is 5.69 Å². The minimum Gasteiger partial charge on any atom is -0.508 e. The molecule has 0 aliphatic carbocycles. The molecular formula is C19H25N3O3. The first-order valence-electron chi connectivity index (χ1n) is 8.21. The van der Waals surface area contributed by atoms with E-state index in [2.05, 4.69) is 15.6 Å².